The van der Waals surface area contributed by atoms with E-state index in [1.807, 2.05) is 13.8 Å². The minimum atomic E-state index is -0.829. The number of benzene rings is 1. The van der Waals surface area contributed by atoms with Crippen LogP contribution in [-0.2, 0) is 16.6 Å². The number of phenols is 1. The molecule has 2 aliphatic carbocycles. The van der Waals surface area contributed by atoms with Crippen molar-refractivity contribution in [3.63, 3.8) is 0 Å². The van der Waals surface area contributed by atoms with Crippen molar-refractivity contribution in [2.45, 2.75) is 57.8 Å². The largest absolute Gasteiger partial charge is 0.508 e. The third-order valence-corrected chi connectivity index (χ3v) is 6.57. The smallest absolute Gasteiger partial charge is 0.331 e. The lowest BCUT2D eigenvalue weighted by Crippen LogP contribution is -2.41. The number of carboxylic acids is 1. The number of fused-ring (bicyclic) bond motifs is 3. The maximum atomic E-state index is 11.6. The van der Waals surface area contributed by atoms with E-state index in [0.29, 0.717) is 18.4 Å². The first kappa shape index (κ1) is 18.8. The third kappa shape index (κ3) is 2.60. The van der Waals surface area contributed by atoms with Gasteiger partial charge in [-0.25, -0.2) is 4.79 Å². The SMILES string of the molecule is COc1c([C@H](C)CO)cc(O)c2c1CC[C@H]1C(C)=C(C(=O)O)CC[C@]21C. The molecular formula is C21H28O5. The summed E-state index contributed by atoms with van der Waals surface area (Å²) in [5.74, 6) is 0.133. The molecule has 0 spiro atoms. The van der Waals surface area contributed by atoms with Crippen molar-refractivity contribution in [1.29, 1.82) is 0 Å². The highest BCUT2D eigenvalue weighted by Gasteiger charge is 2.47. The second-order valence-corrected chi connectivity index (χ2v) is 7.93. The molecule has 5 nitrogen and oxygen atoms in total. The summed E-state index contributed by atoms with van der Waals surface area (Å²) < 4.78 is 5.70. The van der Waals surface area contributed by atoms with Gasteiger partial charge < -0.3 is 20.1 Å². The van der Waals surface area contributed by atoms with Crippen LogP contribution in [0.4, 0.5) is 0 Å². The normalized spacial score (nSPS) is 26.1. The first-order chi connectivity index (χ1) is 12.3. The van der Waals surface area contributed by atoms with E-state index in [2.05, 4.69) is 6.92 Å². The highest BCUT2D eigenvalue weighted by atomic mass is 16.5. The Morgan fingerprint density at radius 1 is 1.42 bits per heavy atom. The highest BCUT2D eigenvalue weighted by Crippen LogP contribution is 2.56. The molecule has 3 N–H and O–H groups in total. The van der Waals surface area contributed by atoms with Gasteiger partial charge in [0, 0.05) is 40.2 Å². The molecular weight excluding hydrogens is 332 g/mol. The van der Waals surface area contributed by atoms with E-state index in [0.717, 1.165) is 40.9 Å². The first-order valence-electron chi connectivity index (χ1n) is 9.23. The average Bonchev–Trinajstić information content (AvgIpc) is 2.59. The lowest BCUT2D eigenvalue weighted by atomic mass is 9.56. The number of hydrogen-bond donors (Lipinski definition) is 3. The summed E-state index contributed by atoms with van der Waals surface area (Å²) in [6, 6.07) is 1.72. The molecule has 0 unspecified atom stereocenters. The zero-order valence-corrected chi connectivity index (χ0v) is 15.9. The zero-order valence-electron chi connectivity index (χ0n) is 15.9. The molecule has 0 heterocycles. The van der Waals surface area contributed by atoms with Gasteiger partial charge in [0.25, 0.3) is 0 Å². The number of aliphatic hydroxyl groups is 1. The fourth-order valence-corrected chi connectivity index (χ4v) is 5.15. The first-order valence-corrected chi connectivity index (χ1v) is 9.23. The van der Waals surface area contributed by atoms with E-state index in [9.17, 15) is 20.1 Å². The number of ether oxygens (including phenoxy) is 1. The molecule has 0 radical (unpaired) electrons. The van der Waals surface area contributed by atoms with Crippen LogP contribution in [0.5, 0.6) is 11.5 Å². The Hall–Kier alpha value is -2.01. The van der Waals surface area contributed by atoms with Gasteiger partial charge in [0.15, 0.2) is 0 Å². The van der Waals surface area contributed by atoms with Crippen molar-refractivity contribution in [2.75, 3.05) is 13.7 Å². The van der Waals surface area contributed by atoms with Gasteiger partial charge in [-0.15, -0.1) is 0 Å². The van der Waals surface area contributed by atoms with Gasteiger partial charge in [0.1, 0.15) is 11.5 Å². The fourth-order valence-electron chi connectivity index (χ4n) is 5.15. The van der Waals surface area contributed by atoms with Crippen LogP contribution < -0.4 is 4.74 Å². The molecule has 3 rings (SSSR count). The number of aliphatic carboxylic acids is 1. The lowest BCUT2D eigenvalue weighted by Gasteiger charge is -2.48. The second kappa shape index (κ2) is 6.62. The minimum Gasteiger partial charge on any atom is -0.508 e. The molecule has 5 heteroatoms. The van der Waals surface area contributed by atoms with Crippen molar-refractivity contribution in [3.8, 4) is 11.5 Å². The van der Waals surface area contributed by atoms with Crippen LogP contribution in [0.3, 0.4) is 0 Å². The third-order valence-electron chi connectivity index (χ3n) is 6.57. The number of carboxylic acid groups (broad SMARTS) is 1. The highest BCUT2D eigenvalue weighted by molar-refractivity contribution is 5.88. The van der Waals surface area contributed by atoms with Crippen LogP contribution in [0.15, 0.2) is 17.2 Å². The molecule has 0 saturated carbocycles. The summed E-state index contributed by atoms with van der Waals surface area (Å²) in [7, 11) is 1.63. The van der Waals surface area contributed by atoms with Gasteiger partial charge >= 0.3 is 5.97 Å². The molecule has 142 valence electrons. The molecule has 0 saturated heterocycles. The summed E-state index contributed by atoms with van der Waals surface area (Å²) in [4.78, 5) is 11.6. The Labute approximate surface area is 154 Å². The number of carbonyl (C=O) groups is 1. The van der Waals surface area contributed by atoms with E-state index in [-0.39, 0.29) is 29.6 Å². The van der Waals surface area contributed by atoms with Crippen molar-refractivity contribution in [2.24, 2.45) is 5.92 Å². The summed E-state index contributed by atoms with van der Waals surface area (Å²) >= 11 is 0. The number of rotatable bonds is 4. The quantitative estimate of drug-likeness (QED) is 0.765. The topological polar surface area (TPSA) is 87.0 Å². The summed E-state index contributed by atoms with van der Waals surface area (Å²) in [5.41, 5.74) is 3.87. The van der Waals surface area contributed by atoms with Crippen LogP contribution in [-0.4, -0.2) is 35.0 Å². The maximum Gasteiger partial charge on any atom is 0.331 e. The number of aliphatic hydroxyl groups excluding tert-OH is 1. The van der Waals surface area contributed by atoms with Crippen LogP contribution >= 0.6 is 0 Å². The molecule has 26 heavy (non-hydrogen) atoms. The molecule has 0 aliphatic heterocycles. The van der Waals surface area contributed by atoms with E-state index < -0.39 is 5.97 Å². The Morgan fingerprint density at radius 3 is 2.69 bits per heavy atom. The number of phenolic OH excluding ortho intramolecular Hbond substituents is 1. The predicted molar refractivity (Wildman–Crippen MR) is 98.9 cm³/mol. The second-order valence-electron chi connectivity index (χ2n) is 7.93. The summed E-state index contributed by atoms with van der Waals surface area (Å²) in [5, 5.41) is 29.9. The van der Waals surface area contributed by atoms with Gasteiger partial charge in [-0.2, -0.15) is 0 Å². The van der Waals surface area contributed by atoms with E-state index in [1.54, 1.807) is 13.2 Å². The fraction of sp³-hybridized carbons (Fsp3) is 0.571. The van der Waals surface area contributed by atoms with Crippen LogP contribution in [0, 0.1) is 5.92 Å². The standard InChI is InChI=1S/C21H28O5/c1-11(10-22)15-9-17(23)18-14(19(15)26-4)5-6-16-12(2)13(20(24)25)7-8-21(16,18)3/h9,11,16,22-23H,5-8,10H2,1-4H3,(H,24,25)/t11-,16+,21+/m1/s1. The molecule has 1 aromatic carbocycles. The zero-order chi connectivity index (χ0) is 19.2. The Balaban J connectivity index is 2.20. The van der Waals surface area contributed by atoms with Crippen LogP contribution in [0.25, 0.3) is 0 Å². The number of hydrogen-bond acceptors (Lipinski definition) is 4. The van der Waals surface area contributed by atoms with Gasteiger partial charge in [-0.1, -0.05) is 19.4 Å². The van der Waals surface area contributed by atoms with E-state index in [1.165, 1.54) is 0 Å². The molecule has 1 aromatic rings. The Bertz CT molecular complexity index is 779. The lowest BCUT2D eigenvalue weighted by molar-refractivity contribution is -0.133. The van der Waals surface area contributed by atoms with Gasteiger partial charge in [-0.3, -0.25) is 0 Å². The predicted octanol–water partition coefficient (Wildman–Crippen LogP) is 3.51. The average molecular weight is 360 g/mol. The Kier molecular flexibility index (Phi) is 4.78. The number of methoxy groups -OCH3 is 1. The summed E-state index contributed by atoms with van der Waals surface area (Å²) in [6.45, 7) is 5.95. The van der Waals surface area contributed by atoms with Gasteiger partial charge in [0.2, 0.25) is 0 Å². The molecule has 0 amide bonds. The van der Waals surface area contributed by atoms with E-state index >= 15 is 0 Å². The van der Waals surface area contributed by atoms with Crippen molar-refractivity contribution >= 4 is 5.97 Å². The molecule has 2 aliphatic rings. The monoisotopic (exact) mass is 360 g/mol. The molecule has 0 aromatic heterocycles. The van der Waals surface area contributed by atoms with Crippen molar-refractivity contribution < 1.29 is 24.9 Å². The minimum absolute atomic E-state index is 0.0156. The van der Waals surface area contributed by atoms with Gasteiger partial charge in [-0.05, 0) is 44.6 Å². The Morgan fingerprint density at radius 2 is 2.12 bits per heavy atom. The molecule has 0 bridgehead atoms. The van der Waals surface area contributed by atoms with Crippen LogP contribution in [0.2, 0.25) is 0 Å². The van der Waals surface area contributed by atoms with Crippen molar-refractivity contribution in [1.82, 2.24) is 0 Å². The van der Waals surface area contributed by atoms with Crippen LogP contribution in [0.1, 0.15) is 62.6 Å². The van der Waals surface area contributed by atoms with Gasteiger partial charge in [0.05, 0.1) is 7.11 Å². The molecule has 3 atom stereocenters. The number of allylic oxidation sites excluding steroid dienone is 1. The van der Waals surface area contributed by atoms with E-state index in [4.69, 9.17) is 4.74 Å². The number of aromatic hydroxyl groups is 1. The van der Waals surface area contributed by atoms with Crippen molar-refractivity contribution in [3.05, 3.63) is 33.9 Å². The maximum absolute atomic E-state index is 11.6. The summed E-state index contributed by atoms with van der Waals surface area (Å²) in [6.07, 6.45) is 2.75. The molecule has 0 fully saturated rings.